The van der Waals surface area contributed by atoms with Crippen LogP contribution in [0.25, 0.3) is 0 Å². The fraction of sp³-hybridized carbons (Fsp3) is 0.700. The van der Waals surface area contributed by atoms with E-state index in [2.05, 4.69) is 46.8 Å². The number of allylic oxidation sites excluding steroid dienone is 5. The zero-order chi connectivity index (χ0) is 16.1. The van der Waals surface area contributed by atoms with E-state index in [1.807, 2.05) is 6.08 Å². The van der Waals surface area contributed by atoms with E-state index in [-0.39, 0.29) is 6.61 Å². The van der Waals surface area contributed by atoms with E-state index in [1.54, 1.807) is 0 Å². The van der Waals surface area contributed by atoms with Crippen molar-refractivity contribution >= 4 is 0 Å². The van der Waals surface area contributed by atoms with Crippen LogP contribution < -0.4 is 0 Å². The molecule has 0 aromatic heterocycles. The van der Waals surface area contributed by atoms with Gasteiger partial charge in [0.1, 0.15) is 0 Å². The highest BCUT2D eigenvalue weighted by molar-refractivity contribution is 5.02. The van der Waals surface area contributed by atoms with Crippen molar-refractivity contribution in [2.45, 2.75) is 79.6 Å². The molecule has 1 atom stereocenters. The van der Waals surface area contributed by atoms with Crippen molar-refractivity contribution in [1.29, 1.82) is 0 Å². The molecule has 0 bridgehead atoms. The monoisotopic (exact) mass is 292 g/mol. The van der Waals surface area contributed by atoms with Crippen LogP contribution in [0.15, 0.2) is 34.9 Å². The molecule has 0 aromatic rings. The fourth-order valence-corrected chi connectivity index (χ4v) is 2.44. The van der Waals surface area contributed by atoms with Gasteiger partial charge in [0.2, 0.25) is 0 Å². The third-order valence-electron chi connectivity index (χ3n) is 3.95. The minimum Gasteiger partial charge on any atom is -0.392 e. The van der Waals surface area contributed by atoms with Crippen LogP contribution >= 0.6 is 0 Å². The van der Waals surface area contributed by atoms with Crippen molar-refractivity contribution in [2.24, 2.45) is 5.92 Å². The Morgan fingerprint density at radius 3 is 2.14 bits per heavy atom. The largest absolute Gasteiger partial charge is 0.392 e. The van der Waals surface area contributed by atoms with Crippen LogP contribution in [-0.4, -0.2) is 11.7 Å². The number of aliphatic hydroxyl groups excluding tert-OH is 1. The highest BCUT2D eigenvalue weighted by Crippen LogP contribution is 2.18. The van der Waals surface area contributed by atoms with Crippen molar-refractivity contribution in [1.82, 2.24) is 0 Å². The van der Waals surface area contributed by atoms with Gasteiger partial charge in [-0.25, -0.2) is 0 Å². The molecule has 0 fully saturated rings. The molecular formula is C20H36O. The van der Waals surface area contributed by atoms with Crippen molar-refractivity contribution < 1.29 is 5.11 Å². The first-order valence-electron chi connectivity index (χ1n) is 8.51. The van der Waals surface area contributed by atoms with E-state index in [0.717, 1.165) is 12.3 Å². The van der Waals surface area contributed by atoms with Crippen LogP contribution in [0.1, 0.15) is 79.6 Å². The molecule has 1 unspecified atom stereocenters. The maximum absolute atomic E-state index is 8.82. The SMILES string of the molecule is CC(C)=CCCC(C)=CCCC(C)CCCC(C)=CCO. The predicted molar refractivity (Wildman–Crippen MR) is 95.5 cm³/mol. The van der Waals surface area contributed by atoms with Gasteiger partial charge in [0.05, 0.1) is 6.61 Å². The molecule has 0 aliphatic rings. The van der Waals surface area contributed by atoms with Crippen LogP contribution in [0.2, 0.25) is 0 Å². The van der Waals surface area contributed by atoms with E-state index < -0.39 is 0 Å². The molecule has 0 aliphatic heterocycles. The lowest BCUT2D eigenvalue weighted by Gasteiger charge is -2.10. The number of aliphatic hydroxyl groups is 1. The summed E-state index contributed by atoms with van der Waals surface area (Å²) in [6.07, 6.45) is 15.2. The highest BCUT2D eigenvalue weighted by atomic mass is 16.2. The Kier molecular flexibility index (Phi) is 12.4. The molecule has 0 aromatic carbocycles. The first kappa shape index (κ1) is 20.2. The van der Waals surface area contributed by atoms with E-state index in [4.69, 9.17) is 5.11 Å². The van der Waals surface area contributed by atoms with Crippen LogP contribution in [0.4, 0.5) is 0 Å². The molecule has 0 saturated carbocycles. The predicted octanol–water partition coefficient (Wildman–Crippen LogP) is 6.20. The number of hydrogen-bond acceptors (Lipinski definition) is 1. The summed E-state index contributed by atoms with van der Waals surface area (Å²) in [4.78, 5) is 0. The Hall–Kier alpha value is -0.820. The van der Waals surface area contributed by atoms with E-state index in [0.29, 0.717) is 0 Å². The van der Waals surface area contributed by atoms with Crippen LogP contribution in [-0.2, 0) is 0 Å². The minimum atomic E-state index is 0.179. The zero-order valence-electron chi connectivity index (χ0n) is 14.9. The Balaban J connectivity index is 3.75. The normalized spacial score (nSPS) is 14.2. The lowest BCUT2D eigenvalue weighted by Crippen LogP contribution is -1.95. The Labute approximate surface area is 132 Å². The molecule has 0 heterocycles. The summed E-state index contributed by atoms with van der Waals surface area (Å²) in [5, 5.41) is 8.82. The minimum absolute atomic E-state index is 0.179. The molecular weight excluding hydrogens is 256 g/mol. The second-order valence-electron chi connectivity index (χ2n) is 6.68. The van der Waals surface area contributed by atoms with Gasteiger partial charge in [-0.05, 0) is 72.1 Å². The molecule has 1 N–H and O–H groups in total. The molecule has 1 heteroatoms. The van der Waals surface area contributed by atoms with Gasteiger partial charge in [0.15, 0.2) is 0 Å². The van der Waals surface area contributed by atoms with Crippen molar-refractivity contribution in [3.05, 3.63) is 34.9 Å². The van der Waals surface area contributed by atoms with Gasteiger partial charge in [0.25, 0.3) is 0 Å². The number of hydrogen-bond donors (Lipinski definition) is 1. The molecule has 1 nitrogen and oxygen atoms in total. The Bertz CT molecular complexity index is 343. The summed E-state index contributed by atoms with van der Waals surface area (Å²) < 4.78 is 0. The lowest BCUT2D eigenvalue weighted by molar-refractivity contribution is 0.341. The van der Waals surface area contributed by atoms with Gasteiger partial charge >= 0.3 is 0 Å². The van der Waals surface area contributed by atoms with Crippen LogP contribution in [0.5, 0.6) is 0 Å². The summed E-state index contributed by atoms with van der Waals surface area (Å²) in [5.41, 5.74) is 4.27. The molecule has 0 amide bonds. The second kappa shape index (κ2) is 12.9. The summed E-state index contributed by atoms with van der Waals surface area (Å²) in [7, 11) is 0. The second-order valence-corrected chi connectivity index (χ2v) is 6.68. The Morgan fingerprint density at radius 1 is 0.857 bits per heavy atom. The number of rotatable bonds is 11. The van der Waals surface area contributed by atoms with Crippen molar-refractivity contribution in [3.8, 4) is 0 Å². The molecule has 21 heavy (non-hydrogen) atoms. The topological polar surface area (TPSA) is 20.2 Å². The average Bonchev–Trinajstić information content (AvgIpc) is 2.38. The van der Waals surface area contributed by atoms with Gasteiger partial charge in [-0.15, -0.1) is 0 Å². The molecule has 0 spiro atoms. The zero-order valence-corrected chi connectivity index (χ0v) is 14.9. The van der Waals surface area contributed by atoms with Crippen molar-refractivity contribution in [3.63, 3.8) is 0 Å². The summed E-state index contributed by atoms with van der Waals surface area (Å²) in [6.45, 7) is 11.2. The Morgan fingerprint density at radius 2 is 1.52 bits per heavy atom. The maximum atomic E-state index is 8.82. The van der Waals surface area contributed by atoms with Gasteiger partial charge < -0.3 is 5.11 Å². The first-order chi connectivity index (χ1) is 9.95. The third-order valence-corrected chi connectivity index (χ3v) is 3.95. The average molecular weight is 293 g/mol. The first-order valence-corrected chi connectivity index (χ1v) is 8.51. The third kappa shape index (κ3) is 13.9. The lowest BCUT2D eigenvalue weighted by atomic mass is 9.96. The van der Waals surface area contributed by atoms with Gasteiger partial charge in [-0.3, -0.25) is 0 Å². The summed E-state index contributed by atoms with van der Waals surface area (Å²) >= 11 is 0. The molecule has 0 rings (SSSR count). The van der Waals surface area contributed by atoms with Crippen LogP contribution in [0.3, 0.4) is 0 Å². The maximum Gasteiger partial charge on any atom is 0.0614 e. The van der Waals surface area contributed by atoms with Crippen molar-refractivity contribution in [2.75, 3.05) is 6.61 Å². The standard InChI is InChI=1S/C20H36O/c1-17(2)9-6-10-18(3)11-7-12-19(4)13-8-14-20(5)15-16-21/h9,11,15,19,21H,6-8,10,12-14,16H2,1-5H3. The highest BCUT2D eigenvalue weighted by Gasteiger charge is 2.01. The van der Waals surface area contributed by atoms with Crippen LogP contribution in [0, 0.1) is 5.92 Å². The fourth-order valence-electron chi connectivity index (χ4n) is 2.44. The van der Waals surface area contributed by atoms with Gasteiger partial charge in [-0.1, -0.05) is 48.3 Å². The molecule has 122 valence electrons. The summed E-state index contributed by atoms with van der Waals surface area (Å²) in [6, 6.07) is 0. The molecule has 0 aliphatic carbocycles. The molecule has 0 saturated heterocycles. The summed E-state index contributed by atoms with van der Waals surface area (Å²) in [5.74, 6) is 0.800. The van der Waals surface area contributed by atoms with Gasteiger partial charge in [0, 0.05) is 0 Å². The van der Waals surface area contributed by atoms with E-state index in [1.165, 1.54) is 55.2 Å². The van der Waals surface area contributed by atoms with Gasteiger partial charge in [-0.2, -0.15) is 0 Å². The smallest absolute Gasteiger partial charge is 0.0614 e. The quantitative estimate of drug-likeness (QED) is 0.449. The van der Waals surface area contributed by atoms with E-state index >= 15 is 0 Å². The van der Waals surface area contributed by atoms with E-state index in [9.17, 15) is 0 Å². The molecule has 0 radical (unpaired) electrons.